The molecule has 0 heterocycles. The number of amides is 1. The van der Waals surface area contributed by atoms with Crippen molar-refractivity contribution in [1.29, 1.82) is 0 Å². The van der Waals surface area contributed by atoms with Gasteiger partial charge in [0.25, 0.3) is 11.6 Å². The maximum absolute atomic E-state index is 12.5. The zero-order valence-electron chi connectivity index (χ0n) is 11.6. The summed E-state index contributed by atoms with van der Waals surface area (Å²) in [4.78, 5) is 24.5. The lowest BCUT2D eigenvalue weighted by Gasteiger charge is -2.31. The molecular weight excluding hydrogens is 315 g/mol. The van der Waals surface area contributed by atoms with E-state index in [1.807, 2.05) is 6.92 Å². The zero-order valence-corrected chi connectivity index (χ0v) is 13.2. The van der Waals surface area contributed by atoms with Gasteiger partial charge in [0.2, 0.25) is 0 Å². The number of nitro groups is 1. The van der Waals surface area contributed by atoms with Crippen molar-refractivity contribution in [1.82, 2.24) is 4.90 Å². The molecular formula is C14H16Cl2N2O3. The topological polar surface area (TPSA) is 63.5 Å². The third-order valence-corrected chi connectivity index (χ3v) is 4.62. The van der Waals surface area contributed by atoms with E-state index in [-0.39, 0.29) is 27.2 Å². The fourth-order valence-corrected chi connectivity index (χ4v) is 2.75. The van der Waals surface area contributed by atoms with Crippen molar-refractivity contribution in [3.8, 4) is 0 Å². The van der Waals surface area contributed by atoms with Crippen molar-refractivity contribution in [2.45, 2.75) is 26.2 Å². The van der Waals surface area contributed by atoms with E-state index in [4.69, 9.17) is 23.2 Å². The Labute approximate surface area is 133 Å². The summed E-state index contributed by atoms with van der Waals surface area (Å²) in [6.07, 6.45) is 3.46. The standard InChI is InChI=1S/C14H16Cl2N2O3/c1-2-17(8-9-4-3-5-9)14(19)10-6-11(15)13(16)12(7-10)18(20)21/h6-7,9H,2-5,8H2,1H3. The molecule has 0 atom stereocenters. The first-order valence-corrected chi connectivity index (χ1v) is 7.62. The molecule has 1 aliphatic rings. The minimum Gasteiger partial charge on any atom is -0.339 e. The van der Waals surface area contributed by atoms with Crippen molar-refractivity contribution >= 4 is 34.8 Å². The minimum atomic E-state index is -0.632. The van der Waals surface area contributed by atoms with Crippen molar-refractivity contribution in [3.63, 3.8) is 0 Å². The maximum atomic E-state index is 12.5. The molecule has 1 aliphatic carbocycles. The highest BCUT2D eigenvalue weighted by molar-refractivity contribution is 6.43. The molecule has 1 aromatic carbocycles. The van der Waals surface area contributed by atoms with Crippen LogP contribution in [-0.2, 0) is 0 Å². The zero-order chi connectivity index (χ0) is 15.6. The van der Waals surface area contributed by atoms with Crippen LogP contribution in [0.4, 0.5) is 5.69 Å². The van der Waals surface area contributed by atoms with Crippen LogP contribution < -0.4 is 0 Å². The second-order valence-corrected chi connectivity index (χ2v) is 5.97. The maximum Gasteiger partial charge on any atom is 0.290 e. The third kappa shape index (κ3) is 3.47. The molecule has 0 unspecified atom stereocenters. The Balaban J connectivity index is 2.26. The van der Waals surface area contributed by atoms with Gasteiger partial charge in [0.05, 0.1) is 9.95 Å². The summed E-state index contributed by atoms with van der Waals surface area (Å²) >= 11 is 11.7. The summed E-state index contributed by atoms with van der Waals surface area (Å²) in [7, 11) is 0. The van der Waals surface area contributed by atoms with Gasteiger partial charge in [-0.15, -0.1) is 0 Å². The fourth-order valence-electron chi connectivity index (χ4n) is 2.36. The lowest BCUT2D eigenvalue weighted by Crippen LogP contribution is -2.37. The Morgan fingerprint density at radius 2 is 2.10 bits per heavy atom. The summed E-state index contributed by atoms with van der Waals surface area (Å²) in [6, 6.07) is 2.59. The molecule has 2 rings (SSSR count). The second-order valence-electron chi connectivity index (χ2n) is 5.19. The first-order chi connectivity index (χ1) is 9.93. The molecule has 1 amide bonds. The van der Waals surface area contributed by atoms with Crippen LogP contribution in [0.25, 0.3) is 0 Å². The molecule has 1 fully saturated rings. The highest BCUT2D eigenvalue weighted by Gasteiger charge is 2.26. The number of nitrogens with zero attached hydrogens (tertiary/aromatic N) is 2. The Kier molecular flexibility index (Phi) is 5.06. The molecule has 0 saturated heterocycles. The number of halogens is 2. The first kappa shape index (κ1) is 16.0. The highest BCUT2D eigenvalue weighted by Crippen LogP contribution is 2.34. The van der Waals surface area contributed by atoms with Crippen LogP contribution in [0.15, 0.2) is 12.1 Å². The number of rotatable bonds is 5. The highest BCUT2D eigenvalue weighted by atomic mass is 35.5. The SMILES string of the molecule is CCN(CC1CCC1)C(=O)c1cc(Cl)c(Cl)c([N+](=O)[O-])c1. The predicted octanol–water partition coefficient (Wildman–Crippen LogP) is 4.16. The summed E-state index contributed by atoms with van der Waals surface area (Å²) in [5, 5.41) is 10.8. The molecule has 114 valence electrons. The van der Waals surface area contributed by atoms with Gasteiger partial charge in [0.15, 0.2) is 0 Å². The van der Waals surface area contributed by atoms with Gasteiger partial charge in [-0.2, -0.15) is 0 Å². The Morgan fingerprint density at radius 1 is 1.43 bits per heavy atom. The van der Waals surface area contributed by atoms with Gasteiger partial charge in [0, 0.05) is 24.7 Å². The van der Waals surface area contributed by atoms with Crippen LogP contribution >= 0.6 is 23.2 Å². The van der Waals surface area contributed by atoms with Gasteiger partial charge in [-0.1, -0.05) is 29.6 Å². The van der Waals surface area contributed by atoms with Crippen LogP contribution in [0.3, 0.4) is 0 Å². The number of carbonyl (C=O) groups excluding carboxylic acids is 1. The van der Waals surface area contributed by atoms with E-state index in [0.717, 1.165) is 12.8 Å². The third-order valence-electron chi connectivity index (χ3n) is 3.82. The predicted molar refractivity (Wildman–Crippen MR) is 82.0 cm³/mol. The van der Waals surface area contributed by atoms with E-state index in [1.165, 1.54) is 18.6 Å². The number of hydrogen-bond donors (Lipinski definition) is 0. The van der Waals surface area contributed by atoms with Crippen LogP contribution in [0.1, 0.15) is 36.5 Å². The first-order valence-electron chi connectivity index (χ1n) is 6.86. The van der Waals surface area contributed by atoms with E-state index < -0.39 is 4.92 Å². The van der Waals surface area contributed by atoms with Crippen molar-refractivity contribution in [3.05, 3.63) is 37.9 Å². The molecule has 7 heteroatoms. The van der Waals surface area contributed by atoms with Gasteiger partial charge in [-0.25, -0.2) is 0 Å². The average Bonchev–Trinajstić information content (AvgIpc) is 2.39. The van der Waals surface area contributed by atoms with Crippen molar-refractivity contribution in [2.24, 2.45) is 5.92 Å². The fraction of sp³-hybridized carbons (Fsp3) is 0.500. The second kappa shape index (κ2) is 6.62. The molecule has 0 N–H and O–H groups in total. The summed E-state index contributed by atoms with van der Waals surface area (Å²) in [6.45, 7) is 3.13. The van der Waals surface area contributed by atoms with Gasteiger partial charge in [-0.3, -0.25) is 14.9 Å². The van der Waals surface area contributed by atoms with Crippen molar-refractivity contribution in [2.75, 3.05) is 13.1 Å². The lowest BCUT2D eigenvalue weighted by atomic mass is 9.85. The summed E-state index contributed by atoms with van der Waals surface area (Å²) in [5.41, 5.74) is -0.135. The normalized spacial score (nSPS) is 14.6. The summed E-state index contributed by atoms with van der Waals surface area (Å²) in [5.74, 6) is 0.290. The minimum absolute atomic E-state index is 0.0221. The van der Waals surface area contributed by atoms with Crippen LogP contribution in [0.2, 0.25) is 10.0 Å². The molecule has 5 nitrogen and oxygen atoms in total. The van der Waals surface area contributed by atoms with E-state index >= 15 is 0 Å². The van der Waals surface area contributed by atoms with Gasteiger partial charge < -0.3 is 4.90 Å². The van der Waals surface area contributed by atoms with Crippen LogP contribution in [0, 0.1) is 16.0 Å². The average molecular weight is 331 g/mol. The molecule has 1 saturated carbocycles. The lowest BCUT2D eigenvalue weighted by molar-refractivity contribution is -0.384. The van der Waals surface area contributed by atoms with E-state index in [1.54, 1.807) is 4.90 Å². The largest absolute Gasteiger partial charge is 0.339 e. The quantitative estimate of drug-likeness (QED) is 0.601. The summed E-state index contributed by atoms with van der Waals surface area (Å²) < 4.78 is 0. The molecule has 21 heavy (non-hydrogen) atoms. The molecule has 0 aliphatic heterocycles. The van der Waals surface area contributed by atoms with Crippen LogP contribution in [-0.4, -0.2) is 28.8 Å². The van der Waals surface area contributed by atoms with E-state index in [2.05, 4.69) is 0 Å². The molecule has 0 spiro atoms. The number of hydrogen-bond acceptors (Lipinski definition) is 3. The van der Waals surface area contributed by atoms with Crippen molar-refractivity contribution < 1.29 is 9.72 Å². The van der Waals surface area contributed by atoms with Gasteiger partial charge in [0.1, 0.15) is 5.02 Å². The molecule has 0 aromatic heterocycles. The molecule has 1 aromatic rings. The molecule has 0 radical (unpaired) electrons. The number of benzene rings is 1. The van der Waals surface area contributed by atoms with E-state index in [9.17, 15) is 14.9 Å². The van der Waals surface area contributed by atoms with Crippen LogP contribution in [0.5, 0.6) is 0 Å². The monoisotopic (exact) mass is 330 g/mol. The number of nitro benzene ring substituents is 1. The Morgan fingerprint density at radius 3 is 2.57 bits per heavy atom. The Bertz CT molecular complexity index is 574. The van der Waals surface area contributed by atoms with Gasteiger partial charge >= 0.3 is 0 Å². The van der Waals surface area contributed by atoms with E-state index in [0.29, 0.717) is 19.0 Å². The van der Waals surface area contributed by atoms with Gasteiger partial charge in [-0.05, 0) is 31.7 Å². The molecule has 0 bridgehead atoms. The Hall–Kier alpha value is -1.33. The smallest absolute Gasteiger partial charge is 0.290 e. The number of carbonyl (C=O) groups is 1.